The number of carbonyl (C=O) groups excluding carboxylic acids is 1. The van der Waals surface area contributed by atoms with E-state index in [-0.39, 0.29) is 5.91 Å². The molecule has 0 unspecified atom stereocenters. The number of amides is 1. The number of piperazine rings is 1. The highest BCUT2D eigenvalue weighted by atomic mass is 32.2. The highest BCUT2D eigenvalue weighted by molar-refractivity contribution is 7.89. The largest absolute Gasteiger partial charge is 0.339 e. The molecule has 2 N–H and O–H groups in total. The Hall–Kier alpha value is -1.44. The third-order valence-electron chi connectivity index (χ3n) is 3.90. The molecule has 7 heteroatoms. The Kier molecular flexibility index (Phi) is 4.89. The average Bonchev–Trinajstić information content (AvgIpc) is 2.48. The molecule has 0 bridgehead atoms. The van der Waals surface area contributed by atoms with Crippen LogP contribution in [0.25, 0.3) is 0 Å². The molecule has 1 fully saturated rings. The van der Waals surface area contributed by atoms with Crippen LogP contribution < -0.4 is 5.73 Å². The topological polar surface area (TPSA) is 83.7 Å². The van der Waals surface area contributed by atoms with Crippen LogP contribution in [0.1, 0.15) is 18.1 Å². The Bertz CT molecular complexity index is 663. The summed E-state index contributed by atoms with van der Waals surface area (Å²) >= 11 is 0. The molecule has 1 amide bonds. The van der Waals surface area contributed by atoms with E-state index < -0.39 is 16.1 Å². The fourth-order valence-corrected chi connectivity index (χ4v) is 4.29. The fraction of sp³-hybridized carbons (Fsp3) is 0.533. The number of rotatable bonds is 3. The highest BCUT2D eigenvalue weighted by Gasteiger charge is 2.31. The van der Waals surface area contributed by atoms with Crippen molar-refractivity contribution in [3.05, 3.63) is 29.3 Å². The summed E-state index contributed by atoms with van der Waals surface area (Å²) in [6.45, 7) is 6.67. The van der Waals surface area contributed by atoms with Gasteiger partial charge in [0.05, 0.1) is 10.9 Å². The maximum atomic E-state index is 12.8. The van der Waals surface area contributed by atoms with Gasteiger partial charge in [0.25, 0.3) is 0 Å². The summed E-state index contributed by atoms with van der Waals surface area (Å²) in [5.41, 5.74) is 7.24. The quantitative estimate of drug-likeness (QED) is 0.876. The molecule has 1 aromatic carbocycles. The van der Waals surface area contributed by atoms with Gasteiger partial charge >= 0.3 is 0 Å². The molecule has 6 nitrogen and oxygen atoms in total. The van der Waals surface area contributed by atoms with E-state index >= 15 is 0 Å². The van der Waals surface area contributed by atoms with Crippen LogP contribution in [0.5, 0.6) is 0 Å². The molecule has 1 heterocycles. The molecule has 2 rings (SSSR count). The Labute approximate surface area is 131 Å². The molecule has 1 saturated heterocycles. The van der Waals surface area contributed by atoms with Crippen LogP contribution in [0.15, 0.2) is 23.1 Å². The molecule has 22 heavy (non-hydrogen) atoms. The number of carbonyl (C=O) groups is 1. The molecule has 1 atom stereocenters. The molecule has 122 valence electrons. The van der Waals surface area contributed by atoms with E-state index in [0.29, 0.717) is 31.1 Å². The van der Waals surface area contributed by atoms with Crippen molar-refractivity contribution in [3.63, 3.8) is 0 Å². The van der Waals surface area contributed by atoms with Crippen molar-refractivity contribution in [2.45, 2.75) is 31.7 Å². The summed E-state index contributed by atoms with van der Waals surface area (Å²) in [6, 6.07) is 4.86. The van der Waals surface area contributed by atoms with Crippen molar-refractivity contribution in [3.8, 4) is 0 Å². The van der Waals surface area contributed by atoms with E-state index in [9.17, 15) is 13.2 Å². The lowest BCUT2D eigenvalue weighted by molar-refractivity contribution is -0.133. The van der Waals surface area contributed by atoms with E-state index in [1.54, 1.807) is 24.8 Å². The Morgan fingerprint density at radius 2 is 1.77 bits per heavy atom. The van der Waals surface area contributed by atoms with E-state index in [2.05, 4.69) is 0 Å². The second-order valence-electron chi connectivity index (χ2n) is 5.79. The zero-order chi connectivity index (χ0) is 16.5. The molecule has 0 spiro atoms. The van der Waals surface area contributed by atoms with E-state index in [4.69, 9.17) is 5.73 Å². The van der Waals surface area contributed by atoms with Gasteiger partial charge in [0.2, 0.25) is 15.9 Å². The first-order valence-electron chi connectivity index (χ1n) is 7.35. The van der Waals surface area contributed by atoms with Gasteiger partial charge in [0.15, 0.2) is 0 Å². The predicted octanol–water partition coefficient (Wildman–Crippen LogP) is 0.484. The van der Waals surface area contributed by atoms with Gasteiger partial charge in [-0.25, -0.2) is 8.42 Å². The third kappa shape index (κ3) is 3.31. The zero-order valence-corrected chi connectivity index (χ0v) is 14.1. The summed E-state index contributed by atoms with van der Waals surface area (Å²) < 4.78 is 27.0. The van der Waals surface area contributed by atoms with Gasteiger partial charge in [-0.05, 0) is 38.0 Å². The molecular weight excluding hydrogens is 302 g/mol. The average molecular weight is 325 g/mol. The summed E-state index contributed by atoms with van der Waals surface area (Å²) in [5.74, 6) is -0.135. The third-order valence-corrected chi connectivity index (χ3v) is 5.94. The van der Waals surface area contributed by atoms with E-state index in [1.807, 2.05) is 19.1 Å². The number of sulfonamides is 1. The molecular formula is C15H23N3O3S. The predicted molar refractivity (Wildman–Crippen MR) is 84.9 cm³/mol. The smallest absolute Gasteiger partial charge is 0.243 e. The van der Waals surface area contributed by atoms with Gasteiger partial charge in [-0.1, -0.05) is 12.1 Å². The number of nitrogens with two attached hydrogens (primary N) is 1. The molecule has 1 aliphatic rings. The van der Waals surface area contributed by atoms with Crippen molar-refractivity contribution in [2.24, 2.45) is 5.73 Å². The van der Waals surface area contributed by atoms with Gasteiger partial charge in [-0.3, -0.25) is 4.79 Å². The van der Waals surface area contributed by atoms with Gasteiger partial charge in [-0.15, -0.1) is 0 Å². The first kappa shape index (κ1) is 16.9. The number of aryl methyl sites for hydroxylation is 2. The Morgan fingerprint density at radius 1 is 1.18 bits per heavy atom. The van der Waals surface area contributed by atoms with Gasteiger partial charge < -0.3 is 10.6 Å². The minimum absolute atomic E-state index is 0.135. The van der Waals surface area contributed by atoms with Crippen LogP contribution in [0, 0.1) is 13.8 Å². The van der Waals surface area contributed by atoms with E-state index in [1.165, 1.54) is 4.31 Å². The van der Waals surface area contributed by atoms with Crippen LogP contribution in [-0.2, 0) is 14.8 Å². The molecule has 1 aliphatic heterocycles. The molecule has 0 aliphatic carbocycles. The maximum Gasteiger partial charge on any atom is 0.243 e. The lowest BCUT2D eigenvalue weighted by atomic mass is 10.2. The van der Waals surface area contributed by atoms with Crippen LogP contribution in [-0.4, -0.2) is 55.8 Å². The number of nitrogens with zero attached hydrogens (tertiary/aromatic N) is 2. The zero-order valence-electron chi connectivity index (χ0n) is 13.2. The first-order valence-corrected chi connectivity index (χ1v) is 8.79. The van der Waals surface area contributed by atoms with Crippen molar-refractivity contribution >= 4 is 15.9 Å². The first-order chi connectivity index (χ1) is 10.2. The summed E-state index contributed by atoms with van der Waals surface area (Å²) in [6.07, 6.45) is 0. The minimum Gasteiger partial charge on any atom is -0.339 e. The lowest BCUT2D eigenvalue weighted by Crippen LogP contribution is -2.53. The van der Waals surface area contributed by atoms with Crippen LogP contribution >= 0.6 is 0 Å². The summed E-state index contributed by atoms with van der Waals surface area (Å²) in [5, 5.41) is 0. The Balaban J connectivity index is 2.16. The standard InChI is InChI=1S/C15H23N3O3S/c1-11-4-5-12(2)14(10-11)22(20,21)18-8-6-17(7-9-18)15(19)13(3)16/h4-5,10,13H,6-9,16H2,1-3H3/t13-/m1/s1. The normalized spacial score (nSPS) is 18.3. The Morgan fingerprint density at radius 3 is 2.32 bits per heavy atom. The van der Waals surface area contributed by atoms with Crippen molar-refractivity contribution in [1.82, 2.24) is 9.21 Å². The number of hydrogen-bond acceptors (Lipinski definition) is 4. The lowest BCUT2D eigenvalue weighted by Gasteiger charge is -2.35. The van der Waals surface area contributed by atoms with Crippen molar-refractivity contribution in [1.29, 1.82) is 0 Å². The van der Waals surface area contributed by atoms with E-state index in [0.717, 1.165) is 11.1 Å². The maximum absolute atomic E-state index is 12.8. The molecule has 0 saturated carbocycles. The molecule has 0 aromatic heterocycles. The fourth-order valence-electron chi connectivity index (χ4n) is 2.56. The summed E-state index contributed by atoms with van der Waals surface area (Å²) in [4.78, 5) is 13.8. The number of benzene rings is 1. The SMILES string of the molecule is Cc1ccc(C)c(S(=O)(=O)N2CCN(C(=O)[C@@H](C)N)CC2)c1. The van der Waals surface area contributed by atoms with Crippen molar-refractivity contribution in [2.75, 3.05) is 26.2 Å². The second kappa shape index (κ2) is 6.36. The van der Waals surface area contributed by atoms with Crippen molar-refractivity contribution < 1.29 is 13.2 Å². The van der Waals surface area contributed by atoms with Gasteiger partial charge in [0.1, 0.15) is 0 Å². The minimum atomic E-state index is -3.52. The van der Waals surface area contributed by atoms with Crippen LogP contribution in [0.2, 0.25) is 0 Å². The molecule has 1 aromatic rings. The van der Waals surface area contributed by atoms with Gasteiger partial charge in [0, 0.05) is 26.2 Å². The van der Waals surface area contributed by atoms with Crippen LogP contribution in [0.3, 0.4) is 0 Å². The second-order valence-corrected chi connectivity index (χ2v) is 7.69. The molecule has 0 radical (unpaired) electrons. The van der Waals surface area contributed by atoms with Gasteiger partial charge in [-0.2, -0.15) is 4.31 Å². The number of hydrogen-bond donors (Lipinski definition) is 1. The van der Waals surface area contributed by atoms with Crippen LogP contribution in [0.4, 0.5) is 0 Å². The summed E-state index contributed by atoms with van der Waals surface area (Å²) in [7, 11) is -3.52. The monoisotopic (exact) mass is 325 g/mol. The highest BCUT2D eigenvalue weighted by Crippen LogP contribution is 2.22.